The van der Waals surface area contributed by atoms with Crippen molar-refractivity contribution in [2.24, 2.45) is 0 Å². The molecule has 0 aliphatic heterocycles. The lowest BCUT2D eigenvalue weighted by Gasteiger charge is -2.13. The Morgan fingerprint density at radius 1 is 0.559 bits per heavy atom. The summed E-state index contributed by atoms with van der Waals surface area (Å²) in [5.74, 6) is -4.57. The van der Waals surface area contributed by atoms with Crippen molar-refractivity contribution in [3.63, 3.8) is 0 Å². The van der Waals surface area contributed by atoms with Crippen LogP contribution in [0.2, 0.25) is 0 Å². The molecular weight excluding hydrogens is 436 g/mol. The Morgan fingerprint density at radius 3 is 1.56 bits per heavy atom. The first-order chi connectivity index (χ1) is 16.3. The zero-order chi connectivity index (χ0) is 24.0. The monoisotopic (exact) mass is 452 g/mol. The van der Waals surface area contributed by atoms with Crippen molar-refractivity contribution >= 4 is 45.3 Å². The van der Waals surface area contributed by atoms with Gasteiger partial charge < -0.3 is 20.2 Å². The largest absolute Gasteiger partial charge is 0.478 e. The third-order valence-electron chi connectivity index (χ3n) is 5.67. The molecule has 0 amide bonds. The number of ketones is 2. The van der Waals surface area contributed by atoms with Crippen molar-refractivity contribution in [2.45, 2.75) is 0 Å². The topological polar surface area (TPSA) is 140 Å². The van der Waals surface area contributed by atoms with E-state index in [4.69, 9.17) is 0 Å². The Kier molecular flexibility index (Phi) is 4.83. The van der Waals surface area contributed by atoms with E-state index in [9.17, 15) is 29.4 Å². The van der Waals surface area contributed by atoms with E-state index >= 15 is 0 Å². The Balaban J connectivity index is 1.75. The maximum atomic E-state index is 13.6. The van der Waals surface area contributed by atoms with Gasteiger partial charge >= 0.3 is 11.9 Å². The number of fused-ring (bicyclic) bond motifs is 2. The predicted molar refractivity (Wildman–Crippen MR) is 124 cm³/mol. The molecule has 0 saturated heterocycles. The van der Waals surface area contributed by atoms with Gasteiger partial charge in [0, 0.05) is 27.4 Å². The smallest absolute Gasteiger partial charge is 0.337 e. The molecular formula is C26H16N2O6. The first kappa shape index (κ1) is 20.9. The highest BCUT2D eigenvalue weighted by atomic mass is 16.4. The number of carboxylic acid groups (broad SMARTS) is 2. The number of carbonyl (C=O) groups excluding carboxylic acids is 2. The number of benzene rings is 3. The minimum Gasteiger partial charge on any atom is -0.478 e. The summed E-state index contributed by atoms with van der Waals surface area (Å²) in [6.45, 7) is 0. The zero-order valence-electron chi connectivity index (χ0n) is 17.5. The fourth-order valence-electron chi connectivity index (χ4n) is 4.10. The maximum absolute atomic E-state index is 13.6. The highest BCUT2D eigenvalue weighted by molar-refractivity contribution is 6.24. The highest BCUT2D eigenvalue weighted by Gasteiger charge is 2.31. The van der Waals surface area contributed by atoms with E-state index in [-0.39, 0.29) is 17.0 Å². The van der Waals surface area contributed by atoms with Crippen LogP contribution in [0.1, 0.15) is 52.8 Å². The molecule has 0 aliphatic carbocycles. The third kappa shape index (κ3) is 3.34. The average Bonchev–Trinajstić information content (AvgIpc) is 3.46. The number of aromatic carboxylic acids is 2. The van der Waals surface area contributed by atoms with E-state index in [2.05, 4.69) is 9.97 Å². The Hall–Kier alpha value is -4.98. The van der Waals surface area contributed by atoms with Crippen molar-refractivity contribution in [3.8, 4) is 0 Å². The molecule has 2 heterocycles. The van der Waals surface area contributed by atoms with E-state index in [0.29, 0.717) is 16.4 Å². The van der Waals surface area contributed by atoms with Gasteiger partial charge in [-0.3, -0.25) is 9.59 Å². The van der Waals surface area contributed by atoms with Crippen LogP contribution >= 0.6 is 0 Å². The summed E-state index contributed by atoms with van der Waals surface area (Å²) in [6.07, 6.45) is 0. The van der Waals surface area contributed by atoms with Crippen LogP contribution in [0.25, 0.3) is 21.8 Å². The lowest BCUT2D eigenvalue weighted by molar-refractivity contribution is 0.0649. The van der Waals surface area contributed by atoms with Crippen molar-refractivity contribution < 1.29 is 29.4 Å². The van der Waals surface area contributed by atoms with Gasteiger partial charge in [0.05, 0.1) is 28.1 Å². The van der Waals surface area contributed by atoms with Crippen molar-refractivity contribution in [1.82, 2.24) is 9.97 Å². The summed E-state index contributed by atoms with van der Waals surface area (Å²) in [7, 11) is 0. The number of hydrogen-bond donors (Lipinski definition) is 4. The number of hydrogen-bond acceptors (Lipinski definition) is 4. The van der Waals surface area contributed by atoms with Gasteiger partial charge in [0.1, 0.15) is 0 Å². The first-order valence-electron chi connectivity index (χ1n) is 10.2. The molecule has 0 unspecified atom stereocenters. The van der Waals surface area contributed by atoms with Gasteiger partial charge in [-0.1, -0.05) is 36.4 Å². The number of nitrogens with one attached hydrogen (secondary N) is 2. The second kappa shape index (κ2) is 7.86. The van der Waals surface area contributed by atoms with Gasteiger partial charge in [-0.2, -0.15) is 0 Å². The van der Waals surface area contributed by atoms with Crippen LogP contribution < -0.4 is 0 Å². The minimum absolute atomic E-state index is 0.0388. The molecule has 3 aromatic carbocycles. The van der Waals surface area contributed by atoms with Gasteiger partial charge in [-0.25, -0.2) is 9.59 Å². The Labute approximate surface area is 191 Å². The van der Waals surface area contributed by atoms with Crippen LogP contribution in [-0.4, -0.2) is 43.7 Å². The molecule has 0 radical (unpaired) electrons. The molecule has 0 atom stereocenters. The van der Waals surface area contributed by atoms with E-state index in [1.165, 1.54) is 12.1 Å². The Morgan fingerprint density at radius 2 is 1.06 bits per heavy atom. The van der Waals surface area contributed by atoms with Gasteiger partial charge in [0.15, 0.2) is 0 Å². The van der Waals surface area contributed by atoms with E-state index < -0.39 is 40.2 Å². The molecule has 0 fully saturated rings. The van der Waals surface area contributed by atoms with Crippen molar-refractivity contribution in [1.29, 1.82) is 0 Å². The summed E-state index contributed by atoms with van der Waals surface area (Å²) >= 11 is 0. The molecule has 8 heteroatoms. The fourth-order valence-corrected chi connectivity index (χ4v) is 4.10. The van der Waals surface area contributed by atoms with Gasteiger partial charge in [0.2, 0.25) is 11.6 Å². The molecule has 0 bridgehead atoms. The van der Waals surface area contributed by atoms with Crippen molar-refractivity contribution in [2.75, 3.05) is 0 Å². The third-order valence-corrected chi connectivity index (χ3v) is 5.67. The van der Waals surface area contributed by atoms with E-state index in [0.717, 1.165) is 11.5 Å². The number of carbonyl (C=O) groups is 4. The molecule has 166 valence electrons. The first-order valence-corrected chi connectivity index (χ1v) is 10.2. The van der Waals surface area contributed by atoms with Crippen LogP contribution in [0.15, 0.2) is 72.8 Å². The van der Waals surface area contributed by atoms with Gasteiger partial charge in [0.25, 0.3) is 0 Å². The summed E-state index contributed by atoms with van der Waals surface area (Å²) in [4.78, 5) is 56.9. The molecule has 5 aromatic rings. The van der Waals surface area contributed by atoms with Crippen LogP contribution in [0.3, 0.4) is 0 Å². The predicted octanol–water partition coefficient (Wildman–Crippen LogP) is 4.51. The summed E-state index contributed by atoms with van der Waals surface area (Å²) in [5, 5.41) is 20.9. The normalized spacial score (nSPS) is 11.1. The molecule has 0 aliphatic rings. The molecule has 2 aromatic heterocycles. The summed E-state index contributed by atoms with van der Waals surface area (Å²) in [5.41, 5.74) is -0.502. The number of H-pyrrole nitrogens is 2. The number of carboxylic acids is 2. The van der Waals surface area contributed by atoms with Crippen LogP contribution in [-0.2, 0) is 0 Å². The van der Waals surface area contributed by atoms with Gasteiger partial charge in [-0.15, -0.1) is 0 Å². The van der Waals surface area contributed by atoms with Crippen molar-refractivity contribution in [3.05, 3.63) is 106 Å². The number of aromatic amines is 2. The standard InChI is InChI=1S/C26H16N2O6/c29-23(19-11-13-5-1-3-7-17(13)27-19)15-9-10-16(25(31)32)22(26(33)34)21(15)24(30)20-12-14-6-2-4-8-18(14)28-20/h1-12,27-28H,(H,31,32)(H,33,34). The summed E-state index contributed by atoms with van der Waals surface area (Å²) < 4.78 is 0. The second-order valence-electron chi connectivity index (χ2n) is 7.72. The number of para-hydroxylation sites is 2. The maximum Gasteiger partial charge on any atom is 0.337 e. The average molecular weight is 452 g/mol. The molecule has 0 saturated carbocycles. The Bertz CT molecular complexity index is 1590. The SMILES string of the molecule is O=C(O)c1ccc(C(=O)c2cc3ccccc3[nH]2)c(C(=O)c2cc3ccccc3[nH]2)c1C(=O)O. The lowest BCUT2D eigenvalue weighted by Crippen LogP contribution is -2.20. The second-order valence-corrected chi connectivity index (χ2v) is 7.72. The minimum atomic E-state index is -1.62. The molecule has 5 rings (SSSR count). The zero-order valence-corrected chi connectivity index (χ0v) is 17.5. The molecule has 34 heavy (non-hydrogen) atoms. The van der Waals surface area contributed by atoms with Crippen LogP contribution in [0.5, 0.6) is 0 Å². The van der Waals surface area contributed by atoms with Gasteiger partial charge in [-0.05, 0) is 36.4 Å². The fraction of sp³-hybridized carbons (Fsp3) is 0. The molecule has 0 spiro atoms. The van der Waals surface area contributed by atoms with E-state index in [1.807, 2.05) is 0 Å². The molecule has 4 N–H and O–H groups in total. The number of aromatic nitrogens is 2. The molecule has 8 nitrogen and oxygen atoms in total. The van der Waals surface area contributed by atoms with Crippen LogP contribution in [0.4, 0.5) is 0 Å². The van der Waals surface area contributed by atoms with E-state index in [1.54, 1.807) is 54.6 Å². The highest BCUT2D eigenvalue weighted by Crippen LogP contribution is 2.28. The van der Waals surface area contributed by atoms with Crippen LogP contribution in [0, 0.1) is 0 Å². The lowest BCUT2D eigenvalue weighted by atomic mass is 9.89. The quantitative estimate of drug-likeness (QED) is 0.280. The summed E-state index contributed by atoms with van der Waals surface area (Å²) in [6, 6.07) is 19.6. The number of rotatable bonds is 6.